The van der Waals surface area contributed by atoms with Crippen molar-refractivity contribution in [3.8, 4) is 0 Å². The van der Waals surface area contributed by atoms with Crippen molar-refractivity contribution in [1.29, 1.82) is 0 Å². The number of aliphatic hydroxyl groups excluding tert-OH is 2. The molecule has 22 heteroatoms. The Hall–Kier alpha value is -5.72. The maximum Gasteiger partial charge on any atom is 0.338 e. The van der Waals surface area contributed by atoms with Crippen LogP contribution in [0.3, 0.4) is 0 Å². The number of ether oxygens (including phenoxy) is 8. The van der Waals surface area contributed by atoms with E-state index in [0.29, 0.717) is 38.5 Å². The van der Waals surface area contributed by atoms with Crippen LogP contribution in [0.4, 0.5) is 0 Å². The lowest BCUT2D eigenvalue weighted by atomic mass is 9.70. The Morgan fingerprint density at radius 3 is 1.28 bits per heavy atom. The highest BCUT2D eigenvalue weighted by Crippen LogP contribution is 2.48. The largest absolute Gasteiger partial charge is 0.469 e. The quantitative estimate of drug-likeness (QED) is 0.0369. The van der Waals surface area contributed by atoms with E-state index in [0.717, 1.165) is 24.0 Å². The second-order valence-electron chi connectivity index (χ2n) is 27.5. The first kappa shape index (κ1) is 81.7. The van der Waals surface area contributed by atoms with E-state index in [9.17, 15) is 48.6 Å². The second kappa shape index (κ2) is 37.3. The maximum absolute atomic E-state index is 14.4. The van der Waals surface area contributed by atoms with Crippen molar-refractivity contribution in [2.24, 2.45) is 35.5 Å². The maximum atomic E-state index is 14.4. The third-order valence-electron chi connectivity index (χ3n) is 20.3. The van der Waals surface area contributed by atoms with Crippen molar-refractivity contribution in [3.63, 3.8) is 0 Å². The molecule has 95 heavy (non-hydrogen) atoms. The number of unbranched alkanes of at least 4 members (excludes halogenated alkanes) is 2. The summed E-state index contributed by atoms with van der Waals surface area (Å²) in [6.45, 7) is 29.5. The lowest BCUT2D eigenvalue weighted by molar-refractivity contribution is -0.321. The van der Waals surface area contributed by atoms with E-state index in [1.165, 1.54) is 14.2 Å². The monoisotopic (exact) mass is 1340 g/mol. The van der Waals surface area contributed by atoms with Gasteiger partial charge in [0, 0.05) is 24.7 Å². The Morgan fingerprint density at radius 1 is 0.568 bits per heavy atom. The number of rotatable bonds is 35. The zero-order chi connectivity index (χ0) is 71.2. The van der Waals surface area contributed by atoms with Gasteiger partial charge in [-0.1, -0.05) is 143 Å². The van der Waals surface area contributed by atoms with Crippen LogP contribution >= 0.6 is 0 Å². The summed E-state index contributed by atoms with van der Waals surface area (Å²) >= 11 is 0. The summed E-state index contributed by atoms with van der Waals surface area (Å²) in [6, 6.07) is 19.1. The molecule has 536 valence electrons. The zero-order valence-corrected chi connectivity index (χ0v) is 60.1. The van der Waals surface area contributed by atoms with E-state index in [-0.39, 0.29) is 75.5 Å². The molecule has 3 heterocycles. The lowest BCUT2D eigenvalue weighted by Gasteiger charge is -2.56. The smallest absolute Gasteiger partial charge is 0.338 e. The molecule has 5 rings (SSSR count). The van der Waals surface area contributed by atoms with E-state index >= 15 is 0 Å². The summed E-state index contributed by atoms with van der Waals surface area (Å²) < 4.78 is 44.7. The van der Waals surface area contributed by atoms with Crippen molar-refractivity contribution in [2.75, 3.05) is 53.9 Å². The number of hydroxylamine groups is 4. The minimum Gasteiger partial charge on any atom is -0.469 e. The molecule has 0 aliphatic carbocycles. The minimum atomic E-state index is -1.72. The number of carbonyl (C=O) groups is 8. The highest BCUT2D eigenvalue weighted by molar-refractivity contribution is 5.90. The van der Waals surface area contributed by atoms with Crippen molar-refractivity contribution >= 4 is 47.4 Å². The number of methoxy groups -OCH3 is 2. The second-order valence-corrected chi connectivity index (χ2v) is 27.5. The lowest BCUT2D eigenvalue weighted by Crippen LogP contribution is -2.68. The van der Waals surface area contributed by atoms with Crippen LogP contribution in [-0.2, 0) is 85.9 Å². The van der Waals surface area contributed by atoms with Gasteiger partial charge in [-0.2, -0.15) is 10.1 Å². The van der Waals surface area contributed by atoms with Gasteiger partial charge < -0.3 is 48.1 Å². The van der Waals surface area contributed by atoms with Crippen LogP contribution in [0.25, 0.3) is 0 Å². The molecule has 3 fully saturated rings. The first-order valence-corrected chi connectivity index (χ1v) is 34.3. The molecule has 0 aromatic heterocycles. The van der Waals surface area contributed by atoms with E-state index in [4.69, 9.17) is 47.6 Å². The number of esters is 6. The molecule has 0 spiro atoms. The highest BCUT2D eigenvalue weighted by atomic mass is 16.8. The Balaban J connectivity index is 0.000000405. The number of hydrogen-bond donors (Lipinski definition) is 2. The van der Waals surface area contributed by atoms with Gasteiger partial charge >= 0.3 is 35.8 Å². The van der Waals surface area contributed by atoms with Crippen molar-refractivity contribution < 1.29 is 96.1 Å². The van der Waals surface area contributed by atoms with Crippen LogP contribution in [0.1, 0.15) is 211 Å². The molecule has 2 aromatic rings. The number of aliphatic hydroxyl groups is 2. The summed E-state index contributed by atoms with van der Waals surface area (Å²) in [7, 11) is 2.39. The van der Waals surface area contributed by atoms with Gasteiger partial charge in [-0.05, 0) is 116 Å². The average molecular weight is 1340 g/mol. The van der Waals surface area contributed by atoms with Crippen LogP contribution in [0.15, 0.2) is 60.7 Å². The number of hydrogen-bond acceptors (Lipinski definition) is 22. The SMILES string of the molecule is CCCCOC(=O)C(CC(C)c1ccccc1)C(C(=O)OC)C(ON1C(C)(CC)CC(=O)C(C)C1(C)CC)C(=O)OCC(O)CO.CCCCOC(=O)C(CC(C)c1ccccc1)C(C(=O)OC)C(ON1C(C)(CC)CC(=O)C(C)C1(C)CC)C(=O)OCC1COC(C)(C)O1. The third kappa shape index (κ3) is 20.9. The fourth-order valence-electron chi connectivity index (χ4n) is 13.1. The third-order valence-corrected chi connectivity index (χ3v) is 20.3. The van der Waals surface area contributed by atoms with Crippen LogP contribution in [0, 0.1) is 35.5 Å². The van der Waals surface area contributed by atoms with Crippen molar-refractivity contribution in [3.05, 3.63) is 71.8 Å². The molecule has 3 aliphatic heterocycles. The van der Waals surface area contributed by atoms with Gasteiger partial charge in [0.1, 0.15) is 48.8 Å². The molecule has 0 bridgehead atoms. The molecule has 16 atom stereocenters. The Labute approximate surface area is 564 Å². The molecule has 0 saturated carbocycles. The molecular formula is C73H114N2O20. The average Bonchev–Trinajstić information content (AvgIpc) is 1.05. The number of benzene rings is 2. The molecule has 22 nitrogen and oxygen atoms in total. The fourth-order valence-corrected chi connectivity index (χ4v) is 13.1. The highest BCUT2D eigenvalue weighted by Gasteiger charge is 2.59. The molecule has 0 amide bonds. The Morgan fingerprint density at radius 2 is 0.958 bits per heavy atom. The predicted molar refractivity (Wildman–Crippen MR) is 354 cm³/mol. The normalized spacial score (nSPS) is 26.6. The number of Topliss-reactive ketones (excluding diaryl/α,β-unsaturated/α-hetero) is 2. The van der Waals surface area contributed by atoms with Gasteiger partial charge in [0.25, 0.3) is 0 Å². The number of carbonyl (C=O) groups excluding carboxylic acids is 8. The van der Waals surface area contributed by atoms with Crippen LogP contribution in [0.2, 0.25) is 0 Å². The molecule has 2 N–H and O–H groups in total. The first-order chi connectivity index (χ1) is 44.8. The van der Waals surface area contributed by atoms with Crippen LogP contribution in [-0.4, -0.2) is 174 Å². The number of nitrogens with zero attached hydrogens (tertiary/aromatic N) is 2. The molecule has 16 unspecified atom stereocenters. The first-order valence-electron chi connectivity index (χ1n) is 34.3. The van der Waals surface area contributed by atoms with Gasteiger partial charge in [0.2, 0.25) is 0 Å². The standard InChI is InChI=1S/C38H59NO10.C35H55NO10/c1-11-14-20-45-33(41)29(21-25(4)27-18-16-15-17-19-27)31(34(42)44-10)32(35(43)46-23-28-24-47-36(6,7)48-28)49-39-37(8,12-2)22-30(40)26(5)38(39,9)13-3;1-9-12-18-44-31(40)27(19-23(4)25-16-14-13-15-17-25)29(32(41)43-8)30(33(42)45-22-26(38)21-37)46-36-34(6,10-2)20-28(39)24(5)35(36,7)11-3/h15-19,25-26,28-29,31-32H,11-14,20-24H2,1-10H3;13-17,23-24,26-27,29-30,37-38H,9-12,18-22H2,1-8H3. The van der Waals surface area contributed by atoms with E-state index in [1.54, 1.807) is 24.0 Å². The van der Waals surface area contributed by atoms with Gasteiger partial charge in [-0.3, -0.25) is 38.4 Å². The van der Waals surface area contributed by atoms with Crippen LogP contribution in [0.5, 0.6) is 0 Å². The topological polar surface area (TPSA) is 276 Å². The number of ketones is 2. The molecular weight excluding hydrogens is 1220 g/mol. The van der Waals surface area contributed by atoms with E-state index < -0.39 is 137 Å². The summed E-state index contributed by atoms with van der Waals surface area (Å²) in [6.07, 6.45) is 0.155. The van der Waals surface area contributed by atoms with Gasteiger partial charge in [-0.25, -0.2) is 9.59 Å². The summed E-state index contributed by atoms with van der Waals surface area (Å²) in [5.74, 6) is -12.2. The minimum absolute atomic E-state index is 0.0531. The molecule has 0 radical (unpaired) electrons. The van der Waals surface area contributed by atoms with Crippen molar-refractivity contribution in [2.45, 2.75) is 252 Å². The van der Waals surface area contributed by atoms with Gasteiger partial charge in [0.05, 0.1) is 74.6 Å². The van der Waals surface area contributed by atoms with Crippen molar-refractivity contribution in [1.82, 2.24) is 10.1 Å². The van der Waals surface area contributed by atoms with E-state index in [1.807, 2.05) is 158 Å². The molecule has 3 aliphatic rings. The molecule has 2 aromatic carbocycles. The summed E-state index contributed by atoms with van der Waals surface area (Å²) in [5.41, 5.74) is -1.55. The Bertz CT molecular complexity index is 2790. The predicted octanol–water partition coefficient (Wildman–Crippen LogP) is 10.5. The van der Waals surface area contributed by atoms with Crippen LogP contribution < -0.4 is 0 Å². The number of piperidine rings is 2. The zero-order valence-electron chi connectivity index (χ0n) is 60.1. The van der Waals surface area contributed by atoms with E-state index in [2.05, 4.69) is 0 Å². The van der Waals surface area contributed by atoms with Gasteiger partial charge in [-0.15, -0.1) is 0 Å². The Kier molecular flexibility index (Phi) is 32.1. The summed E-state index contributed by atoms with van der Waals surface area (Å²) in [5, 5.41) is 22.7. The van der Waals surface area contributed by atoms with Gasteiger partial charge in [0.15, 0.2) is 18.0 Å². The fraction of sp³-hybridized carbons (Fsp3) is 0.726. The molecule has 3 saturated heterocycles. The summed E-state index contributed by atoms with van der Waals surface area (Å²) in [4.78, 5) is 124.